The summed E-state index contributed by atoms with van der Waals surface area (Å²) >= 11 is 0. The molecule has 0 saturated heterocycles. The quantitative estimate of drug-likeness (QED) is 0.814. The molecule has 1 aliphatic rings. The molecule has 1 aromatic rings. The van der Waals surface area contributed by atoms with Crippen molar-refractivity contribution in [2.45, 2.75) is 51.5 Å². The van der Waals surface area contributed by atoms with Crippen LogP contribution in [0.25, 0.3) is 0 Å². The molecule has 0 aliphatic heterocycles. The lowest BCUT2D eigenvalue weighted by Gasteiger charge is -2.22. The van der Waals surface area contributed by atoms with E-state index in [1.54, 1.807) is 0 Å². The molecule has 0 spiro atoms. The van der Waals surface area contributed by atoms with Crippen LogP contribution in [0.2, 0.25) is 0 Å². The van der Waals surface area contributed by atoms with Gasteiger partial charge in [0.2, 0.25) is 0 Å². The van der Waals surface area contributed by atoms with E-state index in [4.69, 9.17) is 0 Å². The minimum atomic E-state index is 0.790. The Balaban J connectivity index is 1.71. The standard InChI is InChI=1S/C15H23N/c1-13-6-5-7-14(12-13)10-11-16-15-8-3-2-4-9-15/h5-7,12,15-16H,2-4,8-11H2,1H3. The summed E-state index contributed by atoms with van der Waals surface area (Å²) in [6.07, 6.45) is 8.21. The smallest absolute Gasteiger partial charge is 0.00671 e. The number of hydrogen-bond donors (Lipinski definition) is 1. The molecule has 1 saturated carbocycles. The molecule has 0 amide bonds. The molecule has 16 heavy (non-hydrogen) atoms. The lowest BCUT2D eigenvalue weighted by Crippen LogP contribution is -2.32. The first-order valence-electron chi connectivity index (χ1n) is 6.63. The SMILES string of the molecule is Cc1cccc(CCNC2CCCCC2)c1. The van der Waals surface area contributed by atoms with E-state index in [1.165, 1.54) is 43.2 Å². The molecule has 0 radical (unpaired) electrons. The highest BCUT2D eigenvalue weighted by atomic mass is 14.9. The summed E-state index contributed by atoms with van der Waals surface area (Å²) in [5.74, 6) is 0. The average Bonchev–Trinajstić information content (AvgIpc) is 2.30. The van der Waals surface area contributed by atoms with Crippen LogP contribution in [0.5, 0.6) is 0 Å². The molecule has 0 unspecified atom stereocenters. The van der Waals surface area contributed by atoms with Crippen LogP contribution in [0.15, 0.2) is 24.3 Å². The molecule has 2 rings (SSSR count). The van der Waals surface area contributed by atoms with Gasteiger partial charge < -0.3 is 5.32 Å². The highest BCUT2D eigenvalue weighted by molar-refractivity contribution is 5.22. The van der Waals surface area contributed by atoms with E-state index in [0.29, 0.717) is 0 Å². The Morgan fingerprint density at radius 3 is 2.75 bits per heavy atom. The van der Waals surface area contributed by atoms with Gasteiger partial charge in [-0.2, -0.15) is 0 Å². The molecule has 88 valence electrons. The van der Waals surface area contributed by atoms with E-state index in [2.05, 4.69) is 36.5 Å². The molecular formula is C15H23N. The molecular weight excluding hydrogens is 194 g/mol. The Kier molecular flexibility index (Phi) is 4.41. The highest BCUT2D eigenvalue weighted by Crippen LogP contribution is 2.17. The van der Waals surface area contributed by atoms with E-state index in [0.717, 1.165) is 19.0 Å². The second-order valence-corrected chi connectivity index (χ2v) is 5.03. The van der Waals surface area contributed by atoms with E-state index in [-0.39, 0.29) is 0 Å². The fourth-order valence-electron chi connectivity index (χ4n) is 2.59. The Morgan fingerprint density at radius 2 is 2.00 bits per heavy atom. The topological polar surface area (TPSA) is 12.0 Å². The minimum absolute atomic E-state index is 0.790. The largest absolute Gasteiger partial charge is 0.314 e. The molecule has 0 bridgehead atoms. The lowest BCUT2D eigenvalue weighted by atomic mass is 9.95. The second kappa shape index (κ2) is 6.05. The van der Waals surface area contributed by atoms with Crippen molar-refractivity contribution in [3.8, 4) is 0 Å². The van der Waals surface area contributed by atoms with Gasteiger partial charge in [0.25, 0.3) is 0 Å². The maximum absolute atomic E-state index is 3.69. The van der Waals surface area contributed by atoms with E-state index >= 15 is 0 Å². The summed E-state index contributed by atoms with van der Waals surface area (Å²) in [4.78, 5) is 0. The molecule has 0 atom stereocenters. The Hall–Kier alpha value is -0.820. The van der Waals surface area contributed by atoms with Crippen molar-refractivity contribution in [2.75, 3.05) is 6.54 Å². The first-order valence-corrected chi connectivity index (χ1v) is 6.63. The number of benzene rings is 1. The molecule has 1 N–H and O–H groups in total. The minimum Gasteiger partial charge on any atom is -0.314 e. The van der Waals surface area contributed by atoms with Gasteiger partial charge in [-0.05, 0) is 38.3 Å². The number of aryl methyl sites for hydroxylation is 1. The zero-order valence-corrected chi connectivity index (χ0v) is 10.3. The Bertz CT molecular complexity index is 313. The summed E-state index contributed by atoms with van der Waals surface area (Å²) < 4.78 is 0. The van der Waals surface area contributed by atoms with Crippen LogP contribution in [0, 0.1) is 6.92 Å². The van der Waals surface area contributed by atoms with Crippen LogP contribution in [0.1, 0.15) is 43.2 Å². The maximum atomic E-state index is 3.69. The van der Waals surface area contributed by atoms with Crippen molar-refractivity contribution in [1.82, 2.24) is 5.32 Å². The van der Waals surface area contributed by atoms with Gasteiger partial charge >= 0.3 is 0 Å². The van der Waals surface area contributed by atoms with Gasteiger partial charge in [0.1, 0.15) is 0 Å². The summed E-state index contributed by atoms with van der Waals surface area (Å²) in [5, 5.41) is 3.69. The Labute approximate surface area is 99.3 Å². The van der Waals surface area contributed by atoms with E-state index < -0.39 is 0 Å². The van der Waals surface area contributed by atoms with Crippen molar-refractivity contribution >= 4 is 0 Å². The normalized spacial score (nSPS) is 17.6. The highest BCUT2D eigenvalue weighted by Gasteiger charge is 2.11. The first-order chi connectivity index (χ1) is 7.84. The van der Waals surface area contributed by atoms with Crippen LogP contribution in [0.3, 0.4) is 0 Å². The average molecular weight is 217 g/mol. The summed E-state index contributed by atoms with van der Waals surface area (Å²) in [7, 11) is 0. The van der Waals surface area contributed by atoms with Crippen LogP contribution in [-0.4, -0.2) is 12.6 Å². The number of hydrogen-bond acceptors (Lipinski definition) is 1. The zero-order valence-electron chi connectivity index (χ0n) is 10.3. The third-order valence-electron chi connectivity index (χ3n) is 3.53. The van der Waals surface area contributed by atoms with E-state index in [1.807, 2.05) is 0 Å². The molecule has 1 heteroatoms. The van der Waals surface area contributed by atoms with Crippen molar-refractivity contribution in [3.63, 3.8) is 0 Å². The molecule has 1 aromatic carbocycles. The lowest BCUT2D eigenvalue weighted by molar-refractivity contribution is 0.375. The predicted molar refractivity (Wildman–Crippen MR) is 69.8 cm³/mol. The molecule has 0 heterocycles. The predicted octanol–water partition coefficient (Wildman–Crippen LogP) is 3.46. The van der Waals surface area contributed by atoms with Crippen molar-refractivity contribution < 1.29 is 0 Å². The second-order valence-electron chi connectivity index (χ2n) is 5.03. The van der Waals surface area contributed by atoms with Crippen molar-refractivity contribution in [3.05, 3.63) is 35.4 Å². The van der Waals surface area contributed by atoms with Crippen molar-refractivity contribution in [1.29, 1.82) is 0 Å². The third kappa shape index (κ3) is 3.64. The maximum Gasteiger partial charge on any atom is 0.00671 e. The summed E-state index contributed by atoms with van der Waals surface area (Å²) in [6, 6.07) is 9.64. The molecule has 1 nitrogen and oxygen atoms in total. The summed E-state index contributed by atoms with van der Waals surface area (Å²) in [6.45, 7) is 3.30. The van der Waals surface area contributed by atoms with Crippen LogP contribution < -0.4 is 5.32 Å². The van der Waals surface area contributed by atoms with Gasteiger partial charge in [0, 0.05) is 6.04 Å². The van der Waals surface area contributed by atoms with Gasteiger partial charge in [0.05, 0.1) is 0 Å². The van der Waals surface area contributed by atoms with Gasteiger partial charge in [0.15, 0.2) is 0 Å². The molecule has 1 aliphatic carbocycles. The fraction of sp³-hybridized carbons (Fsp3) is 0.600. The van der Waals surface area contributed by atoms with Gasteiger partial charge in [-0.3, -0.25) is 0 Å². The zero-order chi connectivity index (χ0) is 11.2. The van der Waals surface area contributed by atoms with E-state index in [9.17, 15) is 0 Å². The molecule has 1 fully saturated rings. The van der Waals surface area contributed by atoms with Gasteiger partial charge in [-0.1, -0.05) is 49.1 Å². The summed E-state index contributed by atoms with van der Waals surface area (Å²) in [5.41, 5.74) is 2.83. The van der Waals surface area contributed by atoms with Crippen LogP contribution >= 0.6 is 0 Å². The number of rotatable bonds is 4. The molecule has 0 aromatic heterocycles. The number of nitrogens with one attached hydrogen (secondary N) is 1. The fourth-order valence-corrected chi connectivity index (χ4v) is 2.59. The van der Waals surface area contributed by atoms with Gasteiger partial charge in [-0.25, -0.2) is 0 Å². The van der Waals surface area contributed by atoms with Crippen LogP contribution in [-0.2, 0) is 6.42 Å². The monoisotopic (exact) mass is 217 g/mol. The first kappa shape index (κ1) is 11.7. The third-order valence-corrected chi connectivity index (χ3v) is 3.53. The Morgan fingerprint density at radius 1 is 1.19 bits per heavy atom. The van der Waals surface area contributed by atoms with Gasteiger partial charge in [-0.15, -0.1) is 0 Å². The van der Waals surface area contributed by atoms with Crippen LogP contribution in [0.4, 0.5) is 0 Å². The van der Waals surface area contributed by atoms with Crippen molar-refractivity contribution in [2.24, 2.45) is 0 Å².